The van der Waals surface area contributed by atoms with Gasteiger partial charge >= 0.3 is 5.97 Å². The maximum atomic E-state index is 12.2. The van der Waals surface area contributed by atoms with E-state index in [1.807, 2.05) is 0 Å². The highest BCUT2D eigenvalue weighted by molar-refractivity contribution is 5.71. The minimum atomic E-state index is -0.902. The predicted molar refractivity (Wildman–Crippen MR) is 81.1 cm³/mol. The van der Waals surface area contributed by atoms with Crippen molar-refractivity contribution in [3.8, 4) is 0 Å². The topological polar surface area (TPSA) is 96.0 Å². The molecule has 0 aliphatic carbocycles. The van der Waals surface area contributed by atoms with E-state index in [0.29, 0.717) is 12.8 Å². The van der Waals surface area contributed by atoms with Crippen LogP contribution < -0.4 is 0 Å². The molecule has 8 heteroatoms. The number of nitrogens with zero attached hydrogens (tertiary/aromatic N) is 3. The van der Waals surface area contributed by atoms with Gasteiger partial charge in [0.15, 0.2) is 0 Å². The molecule has 3 aliphatic heterocycles. The average Bonchev–Trinajstić information content (AvgIpc) is 3.42. The normalized spacial score (nSPS) is 22.2. The molecule has 0 radical (unpaired) electrons. The van der Waals surface area contributed by atoms with E-state index in [4.69, 9.17) is 4.84 Å². The average molecular weight is 329 g/mol. The van der Waals surface area contributed by atoms with Crippen LogP contribution in [0.15, 0.2) is 0 Å². The summed E-state index contributed by atoms with van der Waals surface area (Å²) in [6.45, 7) is 4.56. The third kappa shape index (κ3) is 3.84. The molecule has 0 unspecified atom stereocenters. The van der Waals surface area contributed by atoms with Crippen LogP contribution in [0.5, 0.6) is 0 Å². The Hall–Kier alpha value is -0.770. The Morgan fingerprint density at radius 1 is 0.870 bits per heavy atom. The number of aliphatic hydroxyl groups is 3. The lowest BCUT2D eigenvalue weighted by Gasteiger charge is -2.39. The van der Waals surface area contributed by atoms with Gasteiger partial charge in [-0.2, -0.15) is 0 Å². The second kappa shape index (κ2) is 6.62. The first kappa shape index (κ1) is 17.1. The molecule has 3 N–H and O–H groups in total. The van der Waals surface area contributed by atoms with Gasteiger partial charge in [0.05, 0.1) is 45.0 Å². The lowest BCUT2D eigenvalue weighted by atomic mass is 9.82. The zero-order valence-corrected chi connectivity index (χ0v) is 13.5. The number of carbonyl (C=O) groups excluding carboxylic acids is 1. The van der Waals surface area contributed by atoms with Crippen molar-refractivity contribution in [2.24, 2.45) is 5.41 Å². The Morgan fingerprint density at radius 2 is 1.39 bits per heavy atom. The minimum absolute atomic E-state index is 0.233. The van der Waals surface area contributed by atoms with Crippen molar-refractivity contribution < 1.29 is 25.0 Å². The highest BCUT2D eigenvalue weighted by Crippen LogP contribution is 2.41. The van der Waals surface area contributed by atoms with Gasteiger partial charge < -0.3 is 20.2 Å². The predicted octanol–water partition coefficient (Wildman–Crippen LogP) is -1.78. The number of carbonyl (C=O) groups is 1. The Bertz CT molecular complexity index is 411. The monoisotopic (exact) mass is 329 g/mol. The molecule has 3 rings (SSSR count). The Kier molecular flexibility index (Phi) is 4.91. The van der Waals surface area contributed by atoms with Crippen molar-refractivity contribution >= 4 is 5.97 Å². The maximum absolute atomic E-state index is 12.2. The van der Waals surface area contributed by atoms with Crippen molar-refractivity contribution in [2.75, 3.05) is 59.1 Å². The molecular formula is C15H27N3O5. The van der Waals surface area contributed by atoms with Gasteiger partial charge in [-0.1, -0.05) is 0 Å². The van der Waals surface area contributed by atoms with Gasteiger partial charge in [0.1, 0.15) is 0 Å². The van der Waals surface area contributed by atoms with Crippen molar-refractivity contribution in [3.63, 3.8) is 0 Å². The fourth-order valence-corrected chi connectivity index (χ4v) is 3.15. The first-order valence-electron chi connectivity index (χ1n) is 8.36. The molecule has 0 amide bonds. The summed E-state index contributed by atoms with van der Waals surface area (Å²) in [5.74, 6) is -0.233. The third-order valence-corrected chi connectivity index (χ3v) is 5.20. The molecule has 8 nitrogen and oxygen atoms in total. The quantitative estimate of drug-likeness (QED) is 0.383. The Labute approximate surface area is 136 Å². The van der Waals surface area contributed by atoms with Crippen molar-refractivity contribution in [3.05, 3.63) is 0 Å². The van der Waals surface area contributed by atoms with Gasteiger partial charge in [0.25, 0.3) is 0 Å². The minimum Gasteiger partial charge on any atom is -0.396 e. The number of aliphatic hydroxyl groups excluding tert-OH is 3. The standard InChI is InChI=1S/C15H27N3O5/c19-10-14(11-20,12-21)1-2-15(16-3-4-16,17-5-6-17)9-13(22)23-18-7-8-18/h19-21H,1-12H2. The van der Waals surface area contributed by atoms with E-state index < -0.39 is 11.1 Å². The molecule has 0 spiro atoms. The fourth-order valence-electron chi connectivity index (χ4n) is 3.15. The molecule has 3 saturated heterocycles. The lowest BCUT2D eigenvalue weighted by Crippen LogP contribution is -2.50. The molecule has 0 bridgehead atoms. The third-order valence-electron chi connectivity index (χ3n) is 5.20. The summed E-state index contributed by atoms with van der Waals surface area (Å²) in [5.41, 5.74) is -1.31. The molecule has 0 atom stereocenters. The SMILES string of the molecule is O=C(CC(CCC(CO)(CO)CO)(N1CC1)N1CC1)ON1CC1. The number of hydrogen-bond acceptors (Lipinski definition) is 8. The highest BCUT2D eigenvalue weighted by atomic mass is 16.7. The lowest BCUT2D eigenvalue weighted by molar-refractivity contribution is -0.171. The van der Waals surface area contributed by atoms with Crippen LogP contribution in [-0.4, -0.2) is 101 Å². The number of hydrogen-bond donors (Lipinski definition) is 3. The van der Waals surface area contributed by atoms with Gasteiger partial charge in [0, 0.05) is 31.6 Å². The van der Waals surface area contributed by atoms with Crippen LogP contribution in [0, 0.1) is 5.41 Å². The first-order valence-corrected chi connectivity index (χ1v) is 8.36. The summed E-state index contributed by atoms with van der Waals surface area (Å²) in [6, 6.07) is 0. The van der Waals surface area contributed by atoms with Gasteiger partial charge in [-0.05, 0) is 12.8 Å². The van der Waals surface area contributed by atoms with Gasteiger partial charge in [-0.25, -0.2) is 0 Å². The van der Waals surface area contributed by atoms with E-state index in [9.17, 15) is 20.1 Å². The zero-order valence-electron chi connectivity index (χ0n) is 13.5. The summed E-state index contributed by atoms with van der Waals surface area (Å²) in [4.78, 5) is 22.0. The molecule has 0 aromatic rings. The van der Waals surface area contributed by atoms with Gasteiger partial charge in [0.2, 0.25) is 0 Å². The molecule has 0 aromatic heterocycles. The van der Waals surface area contributed by atoms with Gasteiger partial charge in [-0.3, -0.25) is 14.6 Å². The van der Waals surface area contributed by atoms with Crippen LogP contribution in [0.2, 0.25) is 0 Å². The van der Waals surface area contributed by atoms with Crippen LogP contribution in [0.3, 0.4) is 0 Å². The first-order chi connectivity index (χ1) is 11.1. The zero-order chi connectivity index (χ0) is 16.5. The summed E-state index contributed by atoms with van der Waals surface area (Å²) in [7, 11) is 0. The molecule has 3 fully saturated rings. The summed E-state index contributed by atoms with van der Waals surface area (Å²) < 4.78 is 0. The van der Waals surface area contributed by atoms with Crippen molar-refractivity contribution in [1.29, 1.82) is 0 Å². The second-order valence-electron chi connectivity index (χ2n) is 7.00. The smallest absolute Gasteiger partial charge is 0.328 e. The highest BCUT2D eigenvalue weighted by Gasteiger charge is 2.53. The van der Waals surface area contributed by atoms with Crippen LogP contribution in [0.1, 0.15) is 19.3 Å². The van der Waals surface area contributed by atoms with E-state index in [2.05, 4.69) is 9.80 Å². The second-order valence-corrected chi connectivity index (χ2v) is 7.00. The Morgan fingerprint density at radius 3 is 1.78 bits per heavy atom. The number of hydroxylamine groups is 2. The molecular weight excluding hydrogens is 302 g/mol. The van der Waals surface area contributed by atoms with E-state index in [1.165, 1.54) is 0 Å². The van der Waals surface area contributed by atoms with Crippen LogP contribution in [-0.2, 0) is 9.63 Å². The molecule has 0 aromatic carbocycles. The Balaban J connectivity index is 1.68. The van der Waals surface area contributed by atoms with E-state index >= 15 is 0 Å². The summed E-state index contributed by atoms with van der Waals surface area (Å²) in [5, 5.41) is 30.3. The summed E-state index contributed by atoms with van der Waals surface area (Å²) in [6.07, 6.45) is 1.35. The van der Waals surface area contributed by atoms with Crippen LogP contribution in [0.25, 0.3) is 0 Å². The number of rotatable bonds is 11. The molecule has 0 saturated carbocycles. The molecule has 3 heterocycles. The van der Waals surface area contributed by atoms with Crippen LogP contribution in [0.4, 0.5) is 0 Å². The molecule has 3 aliphatic rings. The van der Waals surface area contributed by atoms with Crippen molar-refractivity contribution in [1.82, 2.24) is 14.9 Å². The van der Waals surface area contributed by atoms with Gasteiger partial charge in [-0.15, -0.1) is 5.06 Å². The summed E-state index contributed by atoms with van der Waals surface area (Å²) >= 11 is 0. The van der Waals surface area contributed by atoms with E-state index in [-0.39, 0.29) is 32.2 Å². The van der Waals surface area contributed by atoms with Crippen LogP contribution >= 0.6 is 0 Å². The largest absolute Gasteiger partial charge is 0.396 e. The molecule has 132 valence electrons. The van der Waals surface area contributed by atoms with E-state index in [0.717, 1.165) is 39.3 Å². The van der Waals surface area contributed by atoms with E-state index in [1.54, 1.807) is 5.06 Å². The fraction of sp³-hybridized carbons (Fsp3) is 0.933. The molecule has 23 heavy (non-hydrogen) atoms. The van der Waals surface area contributed by atoms with Crippen molar-refractivity contribution in [2.45, 2.75) is 24.9 Å². The maximum Gasteiger partial charge on any atom is 0.328 e.